The highest BCUT2D eigenvalue weighted by Crippen LogP contribution is 2.26. The maximum Gasteiger partial charge on any atom is 0.323 e. The van der Waals surface area contributed by atoms with Crippen molar-refractivity contribution in [2.24, 2.45) is 0 Å². The summed E-state index contributed by atoms with van der Waals surface area (Å²) < 4.78 is 5.27. The van der Waals surface area contributed by atoms with Crippen LogP contribution in [0.15, 0.2) is 34.9 Å². The van der Waals surface area contributed by atoms with E-state index in [0.717, 1.165) is 12.0 Å². The van der Waals surface area contributed by atoms with Crippen LogP contribution < -0.4 is 5.32 Å². The first-order valence-electron chi connectivity index (χ1n) is 7.94. The standard InChI is InChI=1S/C17H20ClN3O3/c1-17(23)6-3-8-21(9-7-17)16(22)19-15-11-14(24-20-15)12-4-2-5-13(18)10-12/h2,4-5,10-11,23H,3,6-9H2,1H3,(H,19,20,22). The molecule has 0 radical (unpaired) electrons. The fourth-order valence-corrected chi connectivity index (χ4v) is 2.96. The second kappa shape index (κ2) is 6.83. The number of urea groups is 1. The Balaban J connectivity index is 1.65. The van der Waals surface area contributed by atoms with Crippen LogP contribution in [-0.2, 0) is 0 Å². The molecule has 6 nitrogen and oxygen atoms in total. The van der Waals surface area contributed by atoms with Gasteiger partial charge in [-0.1, -0.05) is 28.9 Å². The third-order valence-electron chi connectivity index (χ3n) is 4.21. The summed E-state index contributed by atoms with van der Waals surface area (Å²) in [6.07, 6.45) is 2.03. The molecule has 1 fully saturated rings. The number of aliphatic hydroxyl groups is 1. The molecule has 1 saturated heterocycles. The Bertz CT molecular complexity index is 729. The Morgan fingerprint density at radius 2 is 2.21 bits per heavy atom. The van der Waals surface area contributed by atoms with E-state index in [1.165, 1.54) is 0 Å². The number of carbonyl (C=O) groups is 1. The van der Waals surface area contributed by atoms with Crippen LogP contribution in [-0.4, -0.2) is 39.9 Å². The molecule has 0 bridgehead atoms. The smallest absolute Gasteiger partial charge is 0.323 e. The lowest BCUT2D eigenvalue weighted by atomic mass is 9.98. The van der Waals surface area contributed by atoms with Crippen molar-refractivity contribution in [1.82, 2.24) is 10.1 Å². The molecule has 0 saturated carbocycles. The fraction of sp³-hybridized carbons (Fsp3) is 0.412. The summed E-state index contributed by atoms with van der Waals surface area (Å²) in [5, 5.41) is 17.3. The topological polar surface area (TPSA) is 78.6 Å². The first kappa shape index (κ1) is 16.8. The summed E-state index contributed by atoms with van der Waals surface area (Å²) in [6.45, 7) is 2.93. The molecule has 7 heteroatoms. The van der Waals surface area contributed by atoms with E-state index in [-0.39, 0.29) is 6.03 Å². The van der Waals surface area contributed by atoms with Crippen molar-refractivity contribution in [3.63, 3.8) is 0 Å². The van der Waals surface area contributed by atoms with Crippen LogP contribution in [0.3, 0.4) is 0 Å². The molecule has 1 aliphatic heterocycles. The van der Waals surface area contributed by atoms with Crippen LogP contribution in [0.5, 0.6) is 0 Å². The van der Waals surface area contributed by atoms with Crippen molar-refractivity contribution in [3.05, 3.63) is 35.4 Å². The molecule has 1 aliphatic rings. The van der Waals surface area contributed by atoms with Gasteiger partial charge in [0.1, 0.15) is 0 Å². The average Bonchev–Trinajstić information content (AvgIpc) is 2.90. The van der Waals surface area contributed by atoms with E-state index in [1.807, 2.05) is 19.1 Å². The van der Waals surface area contributed by atoms with Gasteiger partial charge in [0.2, 0.25) is 0 Å². The van der Waals surface area contributed by atoms with Crippen LogP contribution in [0.25, 0.3) is 11.3 Å². The van der Waals surface area contributed by atoms with Crippen molar-refractivity contribution < 1.29 is 14.4 Å². The molecular formula is C17H20ClN3O3. The average molecular weight is 350 g/mol. The van der Waals surface area contributed by atoms with Gasteiger partial charge in [-0.2, -0.15) is 0 Å². The number of rotatable bonds is 2. The zero-order chi connectivity index (χ0) is 17.2. The van der Waals surface area contributed by atoms with Gasteiger partial charge in [-0.15, -0.1) is 0 Å². The predicted molar refractivity (Wildman–Crippen MR) is 92.0 cm³/mol. The maximum atomic E-state index is 12.4. The van der Waals surface area contributed by atoms with E-state index >= 15 is 0 Å². The second-order valence-corrected chi connectivity index (χ2v) is 6.79. The molecule has 1 atom stereocenters. The van der Waals surface area contributed by atoms with E-state index in [2.05, 4.69) is 10.5 Å². The zero-order valence-corrected chi connectivity index (χ0v) is 14.2. The van der Waals surface area contributed by atoms with Crippen LogP contribution in [0, 0.1) is 0 Å². The fourth-order valence-electron chi connectivity index (χ4n) is 2.77. The number of nitrogens with one attached hydrogen (secondary N) is 1. The lowest BCUT2D eigenvalue weighted by molar-refractivity contribution is 0.0458. The Labute approximate surface area is 145 Å². The molecule has 0 spiro atoms. The van der Waals surface area contributed by atoms with Gasteiger partial charge in [0, 0.05) is 29.7 Å². The van der Waals surface area contributed by atoms with E-state index in [9.17, 15) is 9.90 Å². The predicted octanol–water partition coefficient (Wildman–Crippen LogP) is 3.76. The van der Waals surface area contributed by atoms with Gasteiger partial charge in [0.25, 0.3) is 0 Å². The molecule has 1 aromatic heterocycles. The summed E-state index contributed by atoms with van der Waals surface area (Å²) in [4.78, 5) is 14.1. The molecule has 2 amide bonds. The number of benzene rings is 1. The van der Waals surface area contributed by atoms with E-state index in [0.29, 0.717) is 42.5 Å². The van der Waals surface area contributed by atoms with E-state index in [4.69, 9.17) is 16.1 Å². The van der Waals surface area contributed by atoms with Crippen molar-refractivity contribution in [3.8, 4) is 11.3 Å². The molecule has 128 valence electrons. The minimum atomic E-state index is -0.706. The van der Waals surface area contributed by atoms with Gasteiger partial charge < -0.3 is 14.5 Å². The number of nitrogens with zero attached hydrogens (tertiary/aromatic N) is 2. The van der Waals surface area contributed by atoms with Gasteiger partial charge in [-0.3, -0.25) is 5.32 Å². The van der Waals surface area contributed by atoms with Gasteiger partial charge in [0.15, 0.2) is 11.6 Å². The summed E-state index contributed by atoms with van der Waals surface area (Å²) in [7, 11) is 0. The maximum absolute atomic E-state index is 12.4. The highest BCUT2D eigenvalue weighted by Gasteiger charge is 2.27. The number of hydrogen-bond donors (Lipinski definition) is 2. The summed E-state index contributed by atoms with van der Waals surface area (Å²) in [6, 6.07) is 8.65. The van der Waals surface area contributed by atoms with Gasteiger partial charge >= 0.3 is 6.03 Å². The Hall–Kier alpha value is -2.05. The number of amides is 2. The third-order valence-corrected chi connectivity index (χ3v) is 4.44. The highest BCUT2D eigenvalue weighted by atomic mass is 35.5. The highest BCUT2D eigenvalue weighted by molar-refractivity contribution is 6.30. The largest absolute Gasteiger partial charge is 0.390 e. The van der Waals surface area contributed by atoms with Crippen LogP contribution in [0.1, 0.15) is 26.2 Å². The van der Waals surface area contributed by atoms with Gasteiger partial charge in [-0.25, -0.2) is 4.79 Å². The second-order valence-electron chi connectivity index (χ2n) is 6.35. The third kappa shape index (κ3) is 4.07. The lowest BCUT2D eigenvalue weighted by Crippen LogP contribution is -2.36. The van der Waals surface area contributed by atoms with E-state index < -0.39 is 5.60 Å². The molecule has 2 aromatic rings. The van der Waals surface area contributed by atoms with Crippen molar-refractivity contribution in [2.45, 2.75) is 31.8 Å². The van der Waals surface area contributed by atoms with Crippen molar-refractivity contribution >= 4 is 23.4 Å². The molecule has 1 aromatic carbocycles. The quantitative estimate of drug-likeness (QED) is 0.865. The molecular weight excluding hydrogens is 330 g/mol. The Morgan fingerprint density at radius 1 is 1.38 bits per heavy atom. The monoisotopic (exact) mass is 349 g/mol. The van der Waals surface area contributed by atoms with Crippen molar-refractivity contribution in [1.29, 1.82) is 0 Å². The number of hydrogen-bond acceptors (Lipinski definition) is 4. The molecule has 2 heterocycles. The zero-order valence-electron chi connectivity index (χ0n) is 13.5. The Kier molecular flexibility index (Phi) is 4.78. The number of carbonyl (C=O) groups excluding carboxylic acids is 1. The molecule has 0 aliphatic carbocycles. The molecule has 1 unspecified atom stereocenters. The van der Waals surface area contributed by atoms with Crippen LogP contribution in [0.4, 0.5) is 10.6 Å². The number of likely N-dealkylation sites (tertiary alicyclic amines) is 1. The van der Waals surface area contributed by atoms with Crippen LogP contribution >= 0.6 is 11.6 Å². The first-order valence-corrected chi connectivity index (χ1v) is 8.32. The summed E-state index contributed by atoms with van der Waals surface area (Å²) >= 11 is 5.97. The normalized spacial score (nSPS) is 21.4. The van der Waals surface area contributed by atoms with Gasteiger partial charge in [-0.05, 0) is 38.3 Å². The molecule has 24 heavy (non-hydrogen) atoms. The number of aromatic nitrogens is 1. The number of anilines is 1. The minimum absolute atomic E-state index is 0.237. The Morgan fingerprint density at radius 3 is 3.00 bits per heavy atom. The molecule has 3 rings (SSSR count). The minimum Gasteiger partial charge on any atom is -0.390 e. The van der Waals surface area contributed by atoms with E-state index in [1.54, 1.807) is 23.1 Å². The van der Waals surface area contributed by atoms with Crippen LogP contribution in [0.2, 0.25) is 5.02 Å². The first-order chi connectivity index (χ1) is 11.4. The lowest BCUT2D eigenvalue weighted by Gasteiger charge is -2.22. The van der Waals surface area contributed by atoms with Crippen molar-refractivity contribution in [2.75, 3.05) is 18.4 Å². The number of halogens is 1. The SMILES string of the molecule is CC1(O)CCCN(C(=O)Nc2cc(-c3cccc(Cl)c3)on2)CC1. The summed E-state index contributed by atoms with van der Waals surface area (Å²) in [5.41, 5.74) is 0.0872. The summed E-state index contributed by atoms with van der Waals surface area (Å²) in [5.74, 6) is 0.887. The molecule has 2 N–H and O–H groups in total. The van der Waals surface area contributed by atoms with Gasteiger partial charge in [0.05, 0.1) is 5.60 Å².